The summed E-state index contributed by atoms with van der Waals surface area (Å²) in [7, 11) is 0. The van der Waals surface area contributed by atoms with Crippen LogP contribution in [0.3, 0.4) is 0 Å². The van der Waals surface area contributed by atoms with Gasteiger partial charge in [0.1, 0.15) is 6.54 Å². The molecular weight excluding hydrogens is 396 g/mol. The summed E-state index contributed by atoms with van der Waals surface area (Å²) in [6, 6.07) is 7.29. The predicted octanol–water partition coefficient (Wildman–Crippen LogP) is 2.63. The van der Waals surface area contributed by atoms with Crippen molar-refractivity contribution in [2.75, 3.05) is 39.3 Å². The zero-order chi connectivity index (χ0) is 20.6. The molecule has 3 rings (SSSR count). The third kappa shape index (κ3) is 5.60. The summed E-state index contributed by atoms with van der Waals surface area (Å²) in [6.07, 6.45) is -0.270. The van der Waals surface area contributed by atoms with Gasteiger partial charge in [-0.3, -0.25) is 0 Å². The van der Waals surface area contributed by atoms with E-state index in [0.29, 0.717) is 49.5 Å². The number of ether oxygens (including phenoxy) is 1. The van der Waals surface area contributed by atoms with E-state index in [1.807, 2.05) is 19.1 Å². The molecule has 1 aliphatic heterocycles. The number of aliphatic imine (C=N–C) groups is 1. The molecule has 1 amide bonds. The van der Waals surface area contributed by atoms with Crippen LogP contribution in [-0.2, 0) is 11.3 Å². The number of halogens is 1. The summed E-state index contributed by atoms with van der Waals surface area (Å²) in [5.41, 5.74) is 0.790. The summed E-state index contributed by atoms with van der Waals surface area (Å²) < 4.78 is 10.4. The van der Waals surface area contributed by atoms with Crippen LogP contribution in [0, 0.1) is 0 Å². The highest BCUT2D eigenvalue weighted by Crippen LogP contribution is 2.20. The molecule has 0 radical (unpaired) electrons. The van der Waals surface area contributed by atoms with Crippen LogP contribution in [0.15, 0.2) is 33.8 Å². The van der Waals surface area contributed by atoms with Gasteiger partial charge in [-0.1, -0.05) is 28.9 Å². The van der Waals surface area contributed by atoms with Crippen molar-refractivity contribution in [1.29, 1.82) is 0 Å². The van der Waals surface area contributed by atoms with E-state index in [0.717, 1.165) is 18.1 Å². The average Bonchev–Trinajstić information content (AvgIpc) is 3.20. The Morgan fingerprint density at radius 1 is 1.28 bits per heavy atom. The maximum Gasteiger partial charge on any atom is 0.409 e. The number of guanidine groups is 1. The van der Waals surface area contributed by atoms with E-state index in [1.165, 1.54) is 0 Å². The van der Waals surface area contributed by atoms with Gasteiger partial charge in [-0.15, -0.1) is 0 Å². The summed E-state index contributed by atoms with van der Waals surface area (Å²) in [6.45, 7) is 7.69. The lowest BCUT2D eigenvalue weighted by atomic mass is 10.2. The van der Waals surface area contributed by atoms with E-state index in [9.17, 15) is 4.79 Å². The van der Waals surface area contributed by atoms with Gasteiger partial charge in [0.05, 0.1) is 6.61 Å². The second-order valence-electron chi connectivity index (χ2n) is 6.37. The van der Waals surface area contributed by atoms with Gasteiger partial charge in [0.15, 0.2) is 5.96 Å². The van der Waals surface area contributed by atoms with Crippen molar-refractivity contribution in [3.05, 3.63) is 35.2 Å². The largest absolute Gasteiger partial charge is 0.450 e. The van der Waals surface area contributed by atoms with Gasteiger partial charge in [-0.2, -0.15) is 4.98 Å². The number of carbonyl (C=O) groups is 1. The van der Waals surface area contributed by atoms with E-state index in [2.05, 4.69) is 25.3 Å². The first-order valence-corrected chi connectivity index (χ1v) is 10.0. The molecule has 10 heteroatoms. The Balaban J connectivity index is 1.62. The molecule has 0 unspecified atom stereocenters. The van der Waals surface area contributed by atoms with Gasteiger partial charge in [-0.05, 0) is 26.0 Å². The number of carbonyl (C=O) groups excluding carboxylic acids is 1. The van der Waals surface area contributed by atoms with Crippen LogP contribution in [0.5, 0.6) is 0 Å². The molecule has 0 spiro atoms. The zero-order valence-corrected chi connectivity index (χ0v) is 17.4. The molecule has 156 valence electrons. The van der Waals surface area contributed by atoms with E-state index in [-0.39, 0.29) is 12.6 Å². The van der Waals surface area contributed by atoms with E-state index in [4.69, 9.17) is 20.9 Å². The molecule has 1 aromatic carbocycles. The van der Waals surface area contributed by atoms with Crippen LogP contribution in [0.2, 0.25) is 5.02 Å². The zero-order valence-electron chi connectivity index (χ0n) is 16.6. The first-order valence-electron chi connectivity index (χ1n) is 9.64. The van der Waals surface area contributed by atoms with Gasteiger partial charge in [0.2, 0.25) is 11.7 Å². The maximum atomic E-state index is 11.9. The summed E-state index contributed by atoms with van der Waals surface area (Å²) >= 11 is 6.02. The van der Waals surface area contributed by atoms with Crippen molar-refractivity contribution in [2.45, 2.75) is 20.4 Å². The van der Waals surface area contributed by atoms with Crippen molar-refractivity contribution in [3.63, 3.8) is 0 Å². The highest BCUT2D eigenvalue weighted by atomic mass is 35.5. The predicted molar refractivity (Wildman–Crippen MR) is 110 cm³/mol. The maximum absolute atomic E-state index is 11.9. The van der Waals surface area contributed by atoms with E-state index in [1.54, 1.807) is 24.0 Å². The Morgan fingerprint density at radius 2 is 2.03 bits per heavy atom. The molecule has 2 heterocycles. The van der Waals surface area contributed by atoms with Crippen LogP contribution in [0.1, 0.15) is 19.7 Å². The number of aromatic nitrogens is 2. The molecule has 9 nitrogen and oxygen atoms in total. The number of hydrogen-bond acceptors (Lipinski definition) is 6. The lowest BCUT2D eigenvalue weighted by Crippen LogP contribution is -2.53. The SMILES string of the molecule is CCNC(=NCc1nc(-c2cccc(Cl)c2)no1)N1CCN(C(=O)OCC)CC1. The first kappa shape index (κ1) is 20.9. The lowest BCUT2D eigenvalue weighted by Gasteiger charge is -2.35. The summed E-state index contributed by atoms with van der Waals surface area (Å²) in [4.78, 5) is 24.7. The van der Waals surface area contributed by atoms with Gasteiger partial charge < -0.3 is 24.4 Å². The molecule has 1 aliphatic rings. The molecule has 0 bridgehead atoms. The fourth-order valence-corrected chi connectivity index (χ4v) is 3.14. The van der Waals surface area contributed by atoms with Crippen LogP contribution < -0.4 is 5.32 Å². The minimum absolute atomic E-state index is 0.258. The standard InChI is InChI=1S/C19H25ClN6O3/c1-3-21-18(25-8-10-26(11-9-25)19(27)28-4-2)22-13-16-23-17(24-29-16)14-6-5-7-15(20)12-14/h5-7,12H,3-4,8-11,13H2,1-2H3,(H,21,22). The summed E-state index contributed by atoms with van der Waals surface area (Å²) in [5, 5.41) is 7.89. The van der Waals surface area contributed by atoms with Crippen LogP contribution in [0.25, 0.3) is 11.4 Å². The van der Waals surface area contributed by atoms with Crippen LogP contribution in [-0.4, -0.2) is 71.3 Å². The quantitative estimate of drug-likeness (QED) is 0.586. The molecule has 0 saturated carbocycles. The van der Waals surface area contributed by atoms with E-state index < -0.39 is 0 Å². The van der Waals surface area contributed by atoms with Gasteiger partial charge in [0, 0.05) is 43.3 Å². The first-order chi connectivity index (χ1) is 14.1. The topological polar surface area (TPSA) is 96.1 Å². The monoisotopic (exact) mass is 420 g/mol. The van der Waals surface area contributed by atoms with Gasteiger partial charge in [0.25, 0.3) is 0 Å². The van der Waals surface area contributed by atoms with Crippen molar-refractivity contribution < 1.29 is 14.1 Å². The minimum Gasteiger partial charge on any atom is -0.450 e. The highest BCUT2D eigenvalue weighted by molar-refractivity contribution is 6.30. The van der Waals surface area contributed by atoms with Gasteiger partial charge in [-0.25, -0.2) is 9.79 Å². The number of benzene rings is 1. The molecule has 0 atom stereocenters. The van der Waals surface area contributed by atoms with Crippen LogP contribution >= 0.6 is 11.6 Å². The highest BCUT2D eigenvalue weighted by Gasteiger charge is 2.23. The van der Waals surface area contributed by atoms with Crippen molar-refractivity contribution in [2.24, 2.45) is 4.99 Å². The summed E-state index contributed by atoms with van der Waals surface area (Å²) in [5.74, 6) is 1.64. The Morgan fingerprint density at radius 3 is 2.72 bits per heavy atom. The third-order valence-corrected chi connectivity index (χ3v) is 4.59. The second kappa shape index (κ2) is 10.1. The molecule has 0 aliphatic carbocycles. The number of amides is 1. The Labute approximate surface area is 174 Å². The molecule has 2 aromatic rings. The lowest BCUT2D eigenvalue weighted by molar-refractivity contribution is 0.0914. The molecule has 1 aromatic heterocycles. The number of piperazine rings is 1. The number of nitrogens with one attached hydrogen (secondary N) is 1. The Bertz CT molecular complexity index is 848. The fourth-order valence-electron chi connectivity index (χ4n) is 2.95. The second-order valence-corrected chi connectivity index (χ2v) is 6.80. The molecular formula is C19H25ClN6O3. The molecule has 1 N–H and O–H groups in total. The van der Waals surface area contributed by atoms with Crippen LogP contribution in [0.4, 0.5) is 4.79 Å². The van der Waals surface area contributed by atoms with Crippen molar-refractivity contribution in [3.8, 4) is 11.4 Å². The normalized spacial score (nSPS) is 14.8. The fraction of sp³-hybridized carbons (Fsp3) is 0.474. The van der Waals surface area contributed by atoms with Crippen molar-refractivity contribution >= 4 is 23.7 Å². The molecule has 1 saturated heterocycles. The Kier molecular flexibility index (Phi) is 7.29. The van der Waals surface area contributed by atoms with Gasteiger partial charge >= 0.3 is 6.09 Å². The third-order valence-electron chi connectivity index (χ3n) is 4.36. The smallest absolute Gasteiger partial charge is 0.409 e. The Hall–Kier alpha value is -2.81. The minimum atomic E-state index is -0.270. The van der Waals surface area contributed by atoms with E-state index >= 15 is 0 Å². The number of hydrogen-bond donors (Lipinski definition) is 1. The number of nitrogens with zero attached hydrogens (tertiary/aromatic N) is 5. The van der Waals surface area contributed by atoms with Crippen molar-refractivity contribution in [1.82, 2.24) is 25.3 Å². The molecule has 1 fully saturated rings. The molecule has 29 heavy (non-hydrogen) atoms. The number of rotatable bonds is 5. The average molecular weight is 421 g/mol.